The van der Waals surface area contributed by atoms with Crippen LogP contribution in [0.4, 0.5) is 8.78 Å². The Bertz CT molecular complexity index is 1460. The van der Waals surface area contributed by atoms with Gasteiger partial charge in [-0.1, -0.05) is 25.1 Å². The molecule has 10 nitrogen and oxygen atoms in total. The van der Waals surface area contributed by atoms with Gasteiger partial charge in [0.05, 0.1) is 28.9 Å². The third-order valence-corrected chi connectivity index (χ3v) is 7.16. The van der Waals surface area contributed by atoms with E-state index in [2.05, 4.69) is 25.7 Å². The van der Waals surface area contributed by atoms with Gasteiger partial charge in [-0.05, 0) is 18.2 Å². The highest BCUT2D eigenvalue weighted by molar-refractivity contribution is 7.46. The molecule has 0 saturated heterocycles. The number of hydrogen-bond donors (Lipinski definition) is 2. The van der Waals surface area contributed by atoms with Gasteiger partial charge in [0.1, 0.15) is 29.9 Å². The fourth-order valence-corrected chi connectivity index (χ4v) is 4.98. The van der Waals surface area contributed by atoms with Crippen LogP contribution in [0.3, 0.4) is 0 Å². The Morgan fingerprint density at radius 1 is 1.24 bits per heavy atom. The zero-order valence-corrected chi connectivity index (χ0v) is 20.9. The molecule has 0 fully saturated rings. The van der Waals surface area contributed by atoms with Crippen molar-refractivity contribution in [1.29, 1.82) is 5.26 Å². The van der Waals surface area contributed by atoms with Gasteiger partial charge < -0.3 is 14.5 Å². The monoisotopic (exact) mass is 547 g/mol. The summed E-state index contributed by atoms with van der Waals surface area (Å²) in [6.07, 6.45) is 2.62. The van der Waals surface area contributed by atoms with Crippen LogP contribution in [0.2, 0.25) is 0 Å². The lowest BCUT2D eigenvalue weighted by Crippen LogP contribution is -2.41. The van der Waals surface area contributed by atoms with Crippen LogP contribution < -0.4 is 0 Å². The minimum absolute atomic E-state index is 0.0960. The number of hydrogen-bond acceptors (Lipinski definition) is 8. The first-order valence-electron chi connectivity index (χ1n) is 10.7. The molecule has 0 spiro atoms. The van der Waals surface area contributed by atoms with Crippen LogP contribution in [-0.4, -0.2) is 36.3 Å². The Balaban J connectivity index is 1.80. The third kappa shape index (κ3) is 6.14. The standard InChI is InChI=1S/C23H20F2N5O5PS/c1-15(22-29-21(10-37-22)17-4-2-16(9-26)3-5-17)23(11-30-13-27-12-28-30,34-14-35-36(31,32)33)19-7-6-18(24)8-20(19)25/h2-8,10,12-13,15H,11,14H2,1H3,(H2,31,32,33)/t15-,23?/m0/s1. The van der Waals surface area contributed by atoms with Crippen LogP contribution in [0.15, 0.2) is 60.5 Å². The normalized spacial score (nSPS) is 14.2. The van der Waals surface area contributed by atoms with Crippen LogP contribution >= 0.6 is 19.2 Å². The Kier molecular flexibility index (Phi) is 7.89. The molecule has 2 atom stereocenters. The van der Waals surface area contributed by atoms with Gasteiger partial charge in [-0.2, -0.15) is 10.4 Å². The van der Waals surface area contributed by atoms with Crippen LogP contribution in [0.25, 0.3) is 11.3 Å². The summed E-state index contributed by atoms with van der Waals surface area (Å²) in [6, 6.07) is 11.8. The Morgan fingerprint density at radius 3 is 2.62 bits per heavy atom. The topological polar surface area (TPSA) is 143 Å². The minimum atomic E-state index is -4.93. The average molecular weight is 547 g/mol. The van der Waals surface area contributed by atoms with Gasteiger partial charge in [0.15, 0.2) is 6.79 Å². The molecule has 4 rings (SSSR count). The van der Waals surface area contributed by atoms with E-state index in [9.17, 15) is 18.7 Å². The van der Waals surface area contributed by atoms with Crippen molar-refractivity contribution in [3.8, 4) is 17.3 Å². The lowest BCUT2D eigenvalue weighted by atomic mass is 9.81. The molecule has 0 aliphatic heterocycles. The number of aromatic nitrogens is 4. The molecule has 2 N–H and O–H groups in total. The number of benzene rings is 2. The minimum Gasteiger partial charge on any atom is -0.341 e. The summed E-state index contributed by atoms with van der Waals surface area (Å²) in [5.74, 6) is -2.51. The van der Waals surface area contributed by atoms with Gasteiger partial charge in [0.25, 0.3) is 0 Å². The maximum atomic E-state index is 15.2. The van der Waals surface area contributed by atoms with Crippen molar-refractivity contribution in [2.45, 2.75) is 25.0 Å². The molecule has 0 aliphatic rings. The number of rotatable bonds is 10. The summed E-state index contributed by atoms with van der Waals surface area (Å²) in [5, 5.41) is 15.4. The van der Waals surface area contributed by atoms with Crippen LogP contribution in [0, 0.1) is 23.0 Å². The molecule has 192 valence electrons. The molecule has 0 radical (unpaired) electrons. The van der Waals surface area contributed by atoms with Crippen molar-refractivity contribution >= 4 is 19.2 Å². The number of phosphoric acid groups is 1. The zero-order valence-electron chi connectivity index (χ0n) is 19.2. The maximum absolute atomic E-state index is 15.2. The molecule has 4 aromatic rings. The van der Waals surface area contributed by atoms with E-state index in [1.807, 2.05) is 0 Å². The maximum Gasteiger partial charge on any atom is 0.471 e. The predicted molar refractivity (Wildman–Crippen MR) is 128 cm³/mol. The highest BCUT2D eigenvalue weighted by Gasteiger charge is 2.45. The predicted octanol–water partition coefficient (Wildman–Crippen LogP) is 4.33. The summed E-state index contributed by atoms with van der Waals surface area (Å²) >= 11 is 1.25. The Labute approximate surface area is 214 Å². The van der Waals surface area contributed by atoms with Gasteiger partial charge in [-0.3, -0.25) is 4.52 Å². The van der Waals surface area contributed by atoms with Crippen LogP contribution in [0.1, 0.15) is 29.0 Å². The molecule has 2 aromatic carbocycles. The van der Waals surface area contributed by atoms with E-state index in [-0.39, 0.29) is 12.1 Å². The van der Waals surface area contributed by atoms with Gasteiger partial charge in [0.2, 0.25) is 0 Å². The van der Waals surface area contributed by atoms with Crippen molar-refractivity contribution in [3.05, 3.63) is 88.3 Å². The SMILES string of the molecule is C[C@@H](c1nc(-c2ccc(C#N)cc2)cs1)C(Cn1cncn1)(OCOP(=O)(O)O)c1ccc(F)cc1F. The number of nitriles is 1. The Hall–Kier alpha value is -3.37. The van der Waals surface area contributed by atoms with E-state index in [0.29, 0.717) is 22.3 Å². The van der Waals surface area contributed by atoms with E-state index < -0.39 is 37.8 Å². The third-order valence-electron chi connectivity index (χ3n) is 5.69. The molecule has 0 saturated carbocycles. The van der Waals surface area contributed by atoms with Gasteiger partial charge in [-0.25, -0.2) is 28.0 Å². The molecule has 2 heterocycles. The second kappa shape index (κ2) is 10.9. The van der Waals surface area contributed by atoms with Crippen molar-refractivity contribution in [1.82, 2.24) is 19.7 Å². The number of phosphoric ester groups is 1. The summed E-state index contributed by atoms with van der Waals surface area (Å²) in [7, 11) is -4.93. The summed E-state index contributed by atoms with van der Waals surface area (Å²) < 4.78 is 52.2. The largest absolute Gasteiger partial charge is 0.471 e. The second-order valence-electron chi connectivity index (χ2n) is 7.97. The second-order valence-corrected chi connectivity index (χ2v) is 10.1. The van der Waals surface area contributed by atoms with Crippen molar-refractivity contribution in [2.24, 2.45) is 0 Å². The fourth-order valence-electron chi connectivity index (χ4n) is 3.83. The van der Waals surface area contributed by atoms with Crippen molar-refractivity contribution in [2.75, 3.05) is 6.79 Å². The molecule has 0 amide bonds. The van der Waals surface area contributed by atoms with Crippen molar-refractivity contribution in [3.63, 3.8) is 0 Å². The molecule has 0 aliphatic carbocycles. The zero-order chi connectivity index (χ0) is 26.6. The number of thiazole rings is 1. The lowest BCUT2D eigenvalue weighted by Gasteiger charge is -2.38. The molecule has 37 heavy (non-hydrogen) atoms. The molecule has 1 unspecified atom stereocenters. The first kappa shape index (κ1) is 26.7. The molecule has 0 bridgehead atoms. The summed E-state index contributed by atoms with van der Waals surface area (Å²) in [6.45, 7) is 0.611. The van der Waals surface area contributed by atoms with Crippen LogP contribution in [0.5, 0.6) is 0 Å². The fraction of sp³-hybridized carbons (Fsp3) is 0.217. The Morgan fingerprint density at radius 2 is 2.00 bits per heavy atom. The van der Waals surface area contributed by atoms with Crippen molar-refractivity contribution < 1.29 is 32.4 Å². The van der Waals surface area contributed by atoms with E-state index in [0.717, 1.165) is 11.6 Å². The number of nitrogens with zero attached hydrogens (tertiary/aromatic N) is 5. The molecule has 2 aromatic heterocycles. The van der Waals surface area contributed by atoms with Gasteiger partial charge >= 0.3 is 7.82 Å². The van der Waals surface area contributed by atoms with E-state index in [1.165, 1.54) is 34.7 Å². The summed E-state index contributed by atoms with van der Waals surface area (Å²) in [5.41, 5.74) is 0.0257. The first-order valence-corrected chi connectivity index (χ1v) is 13.1. The quantitative estimate of drug-likeness (QED) is 0.219. The number of ether oxygens (including phenoxy) is 1. The summed E-state index contributed by atoms with van der Waals surface area (Å²) in [4.78, 5) is 26.9. The number of halogens is 2. The van der Waals surface area contributed by atoms with E-state index >= 15 is 4.39 Å². The average Bonchev–Trinajstić information content (AvgIpc) is 3.55. The first-order chi connectivity index (χ1) is 17.6. The van der Waals surface area contributed by atoms with E-state index in [1.54, 1.807) is 36.6 Å². The smallest absolute Gasteiger partial charge is 0.341 e. The van der Waals surface area contributed by atoms with Crippen LogP contribution in [-0.2, 0) is 26.0 Å². The molecular formula is C23H20F2N5O5PS. The highest BCUT2D eigenvalue weighted by atomic mass is 32.1. The molecular weight excluding hydrogens is 527 g/mol. The van der Waals surface area contributed by atoms with E-state index in [4.69, 9.17) is 10.00 Å². The van der Waals surface area contributed by atoms with Gasteiger partial charge in [-0.15, -0.1) is 11.3 Å². The highest BCUT2D eigenvalue weighted by Crippen LogP contribution is 2.45. The molecule has 14 heteroatoms. The van der Waals surface area contributed by atoms with Gasteiger partial charge in [0, 0.05) is 28.5 Å². The lowest BCUT2D eigenvalue weighted by molar-refractivity contribution is -0.140.